The van der Waals surface area contributed by atoms with Crippen molar-refractivity contribution in [3.63, 3.8) is 0 Å². The average molecular weight is 291 g/mol. The van der Waals surface area contributed by atoms with Crippen molar-refractivity contribution in [3.05, 3.63) is 46.7 Å². The van der Waals surface area contributed by atoms with Crippen LogP contribution < -0.4 is 5.32 Å². The SMILES string of the molecule is CCCc1nnc(NC(=O)/C=C/c2cccc(F)c2)s1. The summed E-state index contributed by atoms with van der Waals surface area (Å²) < 4.78 is 13.0. The summed E-state index contributed by atoms with van der Waals surface area (Å²) in [6.45, 7) is 2.06. The van der Waals surface area contributed by atoms with Gasteiger partial charge in [-0.15, -0.1) is 10.2 Å². The Kier molecular flexibility index (Phi) is 4.95. The molecule has 0 saturated carbocycles. The summed E-state index contributed by atoms with van der Waals surface area (Å²) in [5, 5.41) is 11.9. The van der Waals surface area contributed by atoms with Crippen molar-refractivity contribution < 1.29 is 9.18 Å². The van der Waals surface area contributed by atoms with Gasteiger partial charge in [-0.2, -0.15) is 0 Å². The molecule has 0 aliphatic carbocycles. The Morgan fingerprint density at radius 1 is 1.45 bits per heavy atom. The fourth-order valence-electron chi connectivity index (χ4n) is 1.55. The van der Waals surface area contributed by atoms with Crippen LogP contribution in [0.1, 0.15) is 23.9 Å². The van der Waals surface area contributed by atoms with E-state index in [9.17, 15) is 9.18 Å². The number of carbonyl (C=O) groups excluding carboxylic acids is 1. The van der Waals surface area contributed by atoms with E-state index in [1.54, 1.807) is 18.2 Å². The minimum atomic E-state index is -0.333. The van der Waals surface area contributed by atoms with Crippen LogP contribution in [-0.2, 0) is 11.2 Å². The Balaban J connectivity index is 1.94. The van der Waals surface area contributed by atoms with Gasteiger partial charge >= 0.3 is 0 Å². The van der Waals surface area contributed by atoms with Gasteiger partial charge in [0.25, 0.3) is 0 Å². The molecule has 1 aromatic heterocycles. The highest BCUT2D eigenvalue weighted by atomic mass is 32.1. The molecular weight excluding hydrogens is 277 g/mol. The monoisotopic (exact) mass is 291 g/mol. The van der Waals surface area contributed by atoms with Crippen molar-refractivity contribution in [1.29, 1.82) is 0 Å². The number of carbonyl (C=O) groups is 1. The Hall–Kier alpha value is -2.08. The van der Waals surface area contributed by atoms with Crippen molar-refractivity contribution in [2.75, 3.05) is 5.32 Å². The van der Waals surface area contributed by atoms with Crippen molar-refractivity contribution in [3.8, 4) is 0 Å². The quantitative estimate of drug-likeness (QED) is 0.860. The highest BCUT2D eigenvalue weighted by Gasteiger charge is 2.05. The van der Waals surface area contributed by atoms with Gasteiger partial charge in [0.1, 0.15) is 10.8 Å². The van der Waals surface area contributed by atoms with Crippen LogP contribution in [0.5, 0.6) is 0 Å². The molecule has 2 aromatic rings. The smallest absolute Gasteiger partial charge is 0.250 e. The Morgan fingerprint density at radius 2 is 2.30 bits per heavy atom. The number of aromatic nitrogens is 2. The molecule has 0 atom stereocenters. The Bertz CT molecular complexity index is 624. The third-order valence-corrected chi connectivity index (χ3v) is 3.34. The van der Waals surface area contributed by atoms with Crippen LogP contribution >= 0.6 is 11.3 Å². The van der Waals surface area contributed by atoms with Crippen molar-refractivity contribution in [1.82, 2.24) is 10.2 Å². The number of nitrogens with zero attached hydrogens (tertiary/aromatic N) is 2. The zero-order valence-electron chi connectivity index (χ0n) is 11.0. The van der Waals surface area contributed by atoms with Gasteiger partial charge < -0.3 is 0 Å². The zero-order valence-corrected chi connectivity index (χ0v) is 11.8. The topological polar surface area (TPSA) is 54.9 Å². The first-order valence-electron chi connectivity index (χ1n) is 6.24. The number of rotatable bonds is 5. The largest absolute Gasteiger partial charge is 0.297 e. The lowest BCUT2D eigenvalue weighted by Gasteiger charge is -1.95. The molecule has 0 aliphatic heterocycles. The molecule has 1 amide bonds. The maximum atomic E-state index is 13.0. The van der Waals surface area contributed by atoms with Gasteiger partial charge in [0.2, 0.25) is 11.0 Å². The van der Waals surface area contributed by atoms with Gasteiger partial charge in [0.05, 0.1) is 0 Å². The van der Waals surface area contributed by atoms with Gasteiger partial charge in [-0.05, 0) is 30.2 Å². The van der Waals surface area contributed by atoms with Gasteiger partial charge in [0.15, 0.2) is 0 Å². The minimum absolute atomic E-state index is 0.312. The summed E-state index contributed by atoms with van der Waals surface area (Å²) in [7, 11) is 0. The van der Waals surface area contributed by atoms with Crippen LogP contribution in [0.2, 0.25) is 0 Å². The van der Waals surface area contributed by atoms with Crippen LogP contribution in [0.3, 0.4) is 0 Å². The lowest BCUT2D eigenvalue weighted by Crippen LogP contribution is -2.07. The molecule has 104 valence electrons. The second-order valence-corrected chi connectivity index (χ2v) is 5.19. The van der Waals surface area contributed by atoms with E-state index >= 15 is 0 Å². The molecule has 0 aliphatic rings. The molecule has 20 heavy (non-hydrogen) atoms. The summed E-state index contributed by atoms with van der Waals surface area (Å²) in [4.78, 5) is 11.7. The fraction of sp³-hybridized carbons (Fsp3) is 0.214. The lowest BCUT2D eigenvalue weighted by molar-refractivity contribution is -0.111. The van der Waals surface area contributed by atoms with E-state index in [1.807, 2.05) is 0 Å². The number of benzene rings is 1. The lowest BCUT2D eigenvalue weighted by atomic mass is 10.2. The molecule has 1 heterocycles. The second kappa shape index (κ2) is 6.91. The molecule has 0 fully saturated rings. The number of hydrogen-bond acceptors (Lipinski definition) is 4. The van der Waals surface area contributed by atoms with Crippen LogP contribution in [0.15, 0.2) is 30.3 Å². The van der Waals surface area contributed by atoms with Crippen molar-refractivity contribution in [2.45, 2.75) is 19.8 Å². The molecule has 6 heteroatoms. The molecule has 4 nitrogen and oxygen atoms in total. The molecular formula is C14H14FN3OS. The van der Waals surface area contributed by atoms with E-state index < -0.39 is 0 Å². The van der Waals surface area contributed by atoms with Crippen LogP contribution in [0.25, 0.3) is 6.08 Å². The summed E-state index contributed by atoms with van der Waals surface area (Å²) >= 11 is 1.36. The van der Waals surface area contributed by atoms with Gasteiger partial charge in [-0.25, -0.2) is 4.39 Å². The third kappa shape index (κ3) is 4.24. The number of anilines is 1. The summed E-state index contributed by atoms with van der Waals surface area (Å²) in [5.74, 6) is -0.644. The molecule has 1 aromatic carbocycles. The zero-order chi connectivity index (χ0) is 14.4. The van der Waals surface area contributed by atoms with E-state index in [4.69, 9.17) is 0 Å². The van der Waals surface area contributed by atoms with Crippen molar-refractivity contribution >= 4 is 28.5 Å². The first kappa shape index (κ1) is 14.3. The average Bonchev–Trinajstić information content (AvgIpc) is 2.84. The highest BCUT2D eigenvalue weighted by Crippen LogP contribution is 2.16. The first-order valence-corrected chi connectivity index (χ1v) is 7.06. The highest BCUT2D eigenvalue weighted by molar-refractivity contribution is 7.15. The van der Waals surface area contributed by atoms with Gasteiger partial charge in [-0.1, -0.05) is 30.4 Å². The van der Waals surface area contributed by atoms with Gasteiger partial charge in [0, 0.05) is 12.5 Å². The van der Waals surface area contributed by atoms with Crippen LogP contribution in [-0.4, -0.2) is 16.1 Å². The maximum Gasteiger partial charge on any atom is 0.250 e. The Morgan fingerprint density at radius 3 is 3.05 bits per heavy atom. The summed E-state index contributed by atoms with van der Waals surface area (Å²) in [6.07, 6.45) is 4.73. The summed E-state index contributed by atoms with van der Waals surface area (Å²) in [6, 6.07) is 6.02. The number of hydrogen-bond donors (Lipinski definition) is 1. The predicted molar refractivity (Wildman–Crippen MR) is 78.0 cm³/mol. The number of aryl methyl sites for hydroxylation is 1. The molecule has 0 saturated heterocycles. The molecule has 0 bridgehead atoms. The minimum Gasteiger partial charge on any atom is -0.297 e. The fourth-order valence-corrected chi connectivity index (χ4v) is 2.39. The maximum absolute atomic E-state index is 13.0. The number of amides is 1. The van der Waals surface area contributed by atoms with Crippen LogP contribution in [0.4, 0.5) is 9.52 Å². The molecule has 0 radical (unpaired) electrons. The Labute approximate surface area is 120 Å². The predicted octanol–water partition coefficient (Wildman–Crippen LogP) is 3.28. The normalized spacial score (nSPS) is 10.9. The molecule has 0 unspecified atom stereocenters. The van der Waals surface area contributed by atoms with E-state index in [0.29, 0.717) is 10.7 Å². The van der Waals surface area contributed by atoms with E-state index in [-0.39, 0.29) is 11.7 Å². The second-order valence-electron chi connectivity index (χ2n) is 4.13. The van der Waals surface area contributed by atoms with E-state index in [0.717, 1.165) is 17.8 Å². The van der Waals surface area contributed by atoms with E-state index in [1.165, 1.54) is 29.5 Å². The standard InChI is InChI=1S/C14H14FN3OS/c1-2-4-13-17-18-14(20-13)16-12(19)8-7-10-5-3-6-11(15)9-10/h3,5-9H,2,4H2,1H3,(H,16,18,19)/b8-7+. The third-order valence-electron chi connectivity index (χ3n) is 2.44. The number of halogens is 1. The van der Waals surface area contributed by atoms with Crippen LogP contribution in [0, 0.1) is 5.82 Å². The van der Waals surface area contributed by atoms with Crippen molar-refractivity contribution in [2.24, 2.45) is 0 Å². The first-order chi connectivity index (χ1) is 9.67. The van der Waals surface area contributed by atoms with E-state index in [2.05, 4.69) is 22.4 Å². The number of nitrogens with one attached hydrogen (secondary N) is 1. The molecule has 1 N–H and O–H groups in total. The molecule has 2 rings (SSSR count). The molecule has 0 spiro atoms. The summed E-state index contributed by atoms with van der Waals surface area (Å²) in [5.41, 5.74) is 0.629. The van der Waals surface area contributed by atoms with Gasteiger partial charge in [-0.3, -0.25) is 10.1 Å².